The first-order valence-electron chi connectivity index (χ1n) is 5.41. The fourth-order valence-corrected chi connectivity index (χ4v) is 1.25. The molecule has 0 aromatic rings. The van der Waals surface area contributed by atoms with E-state index in [1.54, 1.807) is 12.0 Å². The van der Waals surface area contributed by atoms with Crippen LogP contribution < -0.4 is 5.73 Å². The number of methoxy groups -OCH3 is 1. The minimum atomic E-state index is 0.0417. The highest BCUT2D eigenvalue weighted by molar-refractivity contribution is 5.48. The average Bonchev–Trinajstić information content (AvgIpc) is 2.64. The molecular weight excluding hydrogens is 192 g/mol. The van der Waals surface area contributed by atoms with Crippen LogP contribution in [0.5, 0.6) is 0 Å². The summed E-state index contributed by atoms with van der Waals surface area (Å²) in [6.45, 7) is 7.57. The van der Waals surface area contributed by atoms with Crippen molar-refractivity contribution in [1.82, 2.24) is 4.90 Å². The lowest BCUT2D eigenvalue weighted by atomic mass is 10.2. The molecule has 1 atom stereocenters. The van der Waals surface area contributed by atoms with E-state index in [-0.39, 0.29) is 5.60 Å². The molecule has 2 N–H and O–H groups in total. The van der Waals surface area contributed by atoms with Crippen LogP contribution in [0.25, 0.3) is 0 Å². The molecule has 15 heavy (non-hydrogen) atoms. The lowest BCUT2D eigenvalue weighted by Gasteiger charge is -2.16. The number of amides is 1. The van der Waals surface area contributed by atoms with E-state index in [9.17, 15) is 4.79 Å². The highest BCUT2D eigenvalue weighted by Crippen LogP contribution is 2.12. The molecule has 0 aromatic heterocycles. The molecule has 0 bridgehead atoms. The standard InChI is InChI=1S/C6H12N2O.C5H12O/c7-4-6-2-1-3-8(6)5-9;1-5(2,3)6-4/h5-6H,1-4,7H2;1-4H3/t6-;/m0./s1. The fraction of sp³-hybridized carbons (Fsp3) is 0.909. The first-order valence-corrected chi connectivity index (χ1v) is 5.41. The minimum absolute atomic E-state index is 0.0417. The van der Waals surface area contributed by atoms with Gasteiger partial charge in [-0.2, -0.15) is 0 Å². The van der Waals surface area contributed by atoms with Gasteiger partial charge in [0.2, 0.25) is 6.41 Å². The molecule has 0 aromatic carbocycles. The molecule has 1 amide bonds. The van der Waals surface area contributed by atoms with Crippen LogP contribution in [-0.2, 0) is 9.53 Å². The quantitative estimate of drug-likeness (QED) is 0.701. The van der Waals surface area contributed by atoms with E-state index in [0.29, 0.717) is 12.6 Å². The smallest absolute Gasteiger partial charge is 0.209 e. The average molecular weight is 216 g/mol. The maximum atomic E-state index is 10.2. The summed E-state index contributed by atoms with van der Waals surface area (Å²) in [4.78, 5) is 12.0. The predicted octanol–water partition coefficient (Wildman–Crippen LogP) is 0.997. The van der Waals surface area contributed by atoms with E-state index in [1.165, 1.54) is 0 Å². The molecule has 4 nitrogen and oxygen atoms in total. The Morgan fingerprint density at radius 2 is 2.07 bits per heavy atom. The van der Waals surface area contributed by atoms with Gasteiger partial charge in [-0.25, -0.2) is 0 Å². The predicted molar refractivity (Wildman–Crippen MR) is 61.6 cm³/mol. The Balaban J connectivity index is 0.000000288. The number of hydrogen-bond donors (Lipinski definition) is 1. The SMILES string of the molecule is COC(C)(C)C.NC[C@@H]1CCCN1C=O. The third-order valence-electron chi connectivity index (χ3n) is 2.44. The molecule has 1 rings (SSSR count). The summed E-state index contributed by atoms with van der Waals surface area (Å²) >= 11 is 0. The number of likely N-dealkylation sites (tertiary alicyclic amines) is 1. The van der Waals surface area contributed by atoms with Gasteiger partial charge in [-0.15, -0.1) is 0 Å². The van der Waals surface area contributed by atoms with E-state index in [0.717, 1.165) is 25.8 Å². The third kappa shape index (κ3) is 6.47. The summed E-state index contributed by atoms with van der Waals surface area (Å²) < 4.78 is 4.94. The van der Waals surface area contributed by atoms with Crippen LogP contribution >= 0.6 is 0 Å². The third-order valence-corrected chi connectivity index (χ3v) is 2.44. The fourth-order valence-electron chi connectivity index (χ4n) is 1.25. The van der Waals surface area contributed by atoms with Crippen LogP contribution in [0.4, 0.5) is 0 Å². The molecule has 0 saturated carbocycles. The Bertz CT molecular complexity index is 178. The van der Waals surface area contributed by atoms with Gasteiger partial charge in [0.15, 0.2) is 0 Å². The summed E-state index contributed by atoms with van der Waals surface area (Å²) in [7, 11) is 1.71. The van der Waals surface area contributed by atoms with Crippen molar-refractivity contribution >= 4 is 6.41 Å². The largest absolute Gasteiger partial charge is 0.379 e. The van der Waals surface area contributed by atoms with Crippen molar-refractivity contribution in [3.63, 3.8) is 0 Å². The number of ether oxygens (including phenoxy) is 1. The summed E-state index contributed by atoms with van der Waals surface area (Å²) in [5.41, 5.74) is 5.44. The lowest BCUT2D eigenvalue weighted by Crippen LogP contribution is -2.34. The van der Waals surface area contributed by atoms with Crippen molar-refractivity contribution < 1.29 is 9.53 Å². The van der Waals surface area contributed by atoms with E-state index >= 15 is 0 Å². The van der Waals surface area contributed by atoms with Gasteiger partial charge in [0.25, 0.3) is 0 Å². The maximum absolute atomic E-state index is 10.2. The van der Waals surface area contributed by atoms with Crippen molar-refractivity contribution in [3.8, 4) is 0 Å². The molecule has 0 radical (unpaired) electrons. The number of carbonyl (C=O) groups is 1. The zero-order chi connectivity index (χ0) is 11.9. The van der Waals surface area contributed by atoms with E-state index in [4.69, 9.17) is 10.5 Å². The lowest BCUT2D eigenvalue weighted by molar-refractivity contribution is -0.118. The van der Waals surface area contributed by atoms with Crippen LogP contribution in [0.3, 0.4) is 0 Å². The number of nitrogens with two attached hydrogens (primary N) is 1. The Hall–Kier alpha value is -0.610. The first-order chi connectivity index (χ1) is 6.94. The number of nitrogens with zero attached hydrogens (tertiary/aromatic N) is 1. The Morgan fingerprint density at radius 1 is 1.53 bits per heavy atom. The summed E-state index contributed by atoms with van der Waals surface area (Å²) in [6, 6.07) is 0.322. The van der Waals surface area contributed by atoms with Crippen LogP contribution in [0.2, 0.25) is 0 Å². The molecule has 1 aliphatic rings. The zero-order valence-electron chi connectivity index (χ0n) is 10.3. The monoisotopic (exact) mass is 216 g/mol. The van der Waals surface area contributed by atoms with Crippen molar-refractivity contribution in [2.75, 3.05) is 20.2 Å². The first kappa shape index (κ1) is 14.4. The van der Waals surface area contributed by atoms with Crippen LogP contribution in [0, 0.1) is 0 Å². The maximum Gasteiger partial charge on any atom is 0.209 e. The van der Waals surface area contributed by atoms with Crippen LogP contribution in [-0.4, -0.2) is 43.2 Å². The second kappa shape index (κ2) is 6.80. The van der Waals surface area contributed by atoms with E-state index in [1.807, 2.05) is 20.8 Å². The molecule has 0 unspecified atom stereocenters. The zero-order valence-corrected chi connectivity index (χ0v) is 10.3. The van der Waals surface area contributed by atoms with Gasteiger partial charge in [-0.1, -0.05) is 0 Å². The van der Waals surface area contributed by atoms with Crippen LogP contribution in [0.1, 0.15) is 33.6 Å². The molecule has 1 heterocycles. The van der Waals surface area contributed by atoms with Gasteiger partial charge in [-0.05, 0) is 33.6 Å². The van der Waals surface area contributed by atoms with Crippen LogP contribution in [0.15, 0.2) is 0 Å². The number of rotatable bonds is 2. The van der Waals surface area contributed by atoms with Gasteiger partial charge in [0.1, 0.15) is 0 Å². The van der Waals surface area contributed by atoms with Crippen molar-refractivity contribution in [2.45, 2.75) is 45.3 Å². The number of carbonyl (C=O) groups excluding carboxylic acids is 1. The highest BCUT2D eigenvalue weighted by atomic mass is 16.5. The Morgan fingerprint density at radius 3 is 2.33 bits per heavy atom. The highest BCUT2D eigenvalue weighted by Gasteiger charge is 2.20. The number of hydrogen-bond acceptors (Lipinski definition) is 3. The van der Waals surface area contributed by atoms with Gasteiger partial charge in [0.05, 0.1) is 5.60 Å². The molecule has 1 saturated heterocycles. The van der Waals surface area contributed by atoms with Crippen molar-refractivity contribution in [3.05, 3.63) is 0 Å². The summed E-state index contributed by atoms with van der Waals surface area (Å²) in [5, 5.41) is 0. The molecule has 0 spiro atoms. The van der Waals surface area contributed by atoms with Gasteiger partial charge in [0, 0.05) is 26.2 Å². The minimum Gasteiger partial charge on any atom is -0.379 e. The second-order valence-electron chi connectivity index (χ2n) is 4.69. The summed E-state index contributed by atoms with van der Waals surface area (Å²) in [5.74, 6) is 0. The molecule has 1 aliphatic heterocycles. The Kier molecular flexibility index (Phi) is 6.52. The molecule has 1 fully saturated rings. The van der Waals surface area contributed by atoms with Crippen molar-refractivity contribution in [2.24, 2.45) is 5.73 Å². The van der Waals surface area contributed by atoms with E-state index in [2.05, 4.69) is 0 Å². The van der Waals surface area contributed by atoms with Gasteiger partial charge in [-0.3, -0.25) is 4.79 Å². The normalized spacial score (nSPS) is 20.9. The topological polar surface area (TPSA) is 55.6 Å². The van der Waals surface area contributed by atoms with Gasteiger partial charge >= 0.3 is 0 Å². The molecule has 0 aliphatic carbocycles. The molecule has 90 valence electrons. The summed E-state index contributed by atoms with van der Waals surface area (Å²) in [6.07, 6.45) is 3.08. The van der Waals surface area contributed by atoms with Gasteiger partial charge < -0.3 is 15.4 Å². The van der Waals surface area contributed by atoms with Crippen molar-refractivity contribution in [1.29, 1.82) is 0 Å². The Labute approximate surface area is 92.8 Å². The molecule has 4 heteroatoms. The second-order valence-corrected chi connectivity index (χ2v) is 4.69. The van der Waals surface area contributed by atoms with E-state index < -0.39 is 0 Å². The molecular formula is C11H24N2O2.